The van der Waals surface area contributed by atoms with E-state index in [1.165, 1.54) is 6.33 Å². The summed E-state index contributed by atoms with van der Waals surface area (Å²) in [6, 6.07) is 1.66. The Hall–Kier alpha value is -1.86. The predicted octanol–water partition coefficient (Wildman–Crippen LogP) is 2.23. The van der Waals surface area contributed by atoms with Crippen LogP contribution < -0.4 is 0 Å². The van der Waals surface area contributed by atoms with Gasteiger partial charge in [-0.25, -0.2) is 15.0 Å². The molecule has 0 N–H and O–H groups in total. The Morgan fingerprint density at radius 1 is 1.48 bits per heavy atom. The SMILES string of the molecule is Cc1csc([C@@H]2C[C@@H]3CCN(C(=O)c4ccncn4)C[C@H]3O2)n1. The number of rotatable bonds is 2. The molecule has 2 aliphatic heterocycles. The second kappa shape index (κ2) is 5.98. The maximum absolute atomic E-state index is 12.5. The lowest BCUT2D eigenvalue weighted by Crippen LogP contribution is -2.45. The minimum atomic E-state index is -0.0389. The van der Waals surface area contributed by atoms with Gasteiger partial charge in [0.2, 0.25) is 0 Å². The third-order valence-electron chi connectivity index (χ3n) is 4.55. The van der Waals surface area contributed by atoms with Gasteiger partial charge in [-0.1, -0.05) is 0 Å². The summed E-state index contributed by atoms with van der Waals surface area (Å²) in [5, 5.41) is 3.12. The molecule has 0 unspecified atom stereocenters. The van der Waals surface area contributed by atoms with Gasteiger partial charge in [0.1, 0.15) is 23.1 Å². The van der Waals surface area contributed by atoms with Crippen LogP contribution in [0.4, 0.5) is 0 Å². The third-order valence-corrected chi connectivity index (χ3v) is 5.61. The topological polar surface area (TPSA) is 68.2 Å². The Bertz CT molecular complexity index is 705. The summed E-state index contributed by atoms with van der Waals surface area (Å²) >= 11 is 1.66. The molecule has 2 saturated heterocycles. The molecule has 23 heavy (non-hydrogen) atoms. The van der Waals surface area contributed by atoms with Crippen LogP contribution in [-0.4, -0.2) is 45.0 Å². The van der Waals surface area contributed by atoms with Crippen molar-refractivity contribution in [2.24, 2.45) is 5.92 Å². The first-order valence-corrected chi connectivity index (χ1v) is 8.71. The Morgan fingerprint density at radius 3 is 3.13 bits per heavy atom. The van der Waals surface area contributed by atoms with Crippen LogP contribution in [0.25, 0.3) is 0 Å². The van der Waals surface area contributed by atoms with Crippen LogP contribution in [0.1, 0.15) is 40.1 Å². The second-order valence-corrected chi connectivity index (χ2v) is 7.01. The van der Waals surface area contributed by atoms with E-state index in [4.69, 9.17) is 4.74 Å². The highest BCUT2D eigenvalue weighted by atomic mass is 32.1. The van der Waals surface area contributed by atoms with Crippen molar-refractivity contribution in [3.8, 4) is 0 Å². The largest absolute Gasteiger partial charge is 0.366 e. The van der Waals surface area contributed by atoms with Crippen LogP contribution in [-0.2, 0) is 4.74 Å². The van der Waals surface area contributed by atoms with Crippen LogP contribution >= 0.6 is 11.3 Å². The number of amides is 1. The van der Waals surface area contributed by atoms with Gasteiger partial charge in [0, 0.05) is 30.4 Å². The van der Waals surface area contributed by atoms with Gasteiger partial charge in [-0.05, 0) is 31.7 Å². The number of ether oxygens (including phenoxy) is 1. The first-order chi connectivity index (χ1) is 11.2. The molecule has 2 aromatic heterocycles. The number of hydrogen-bond acceptors (Lipinski definition) is 6. The maximum atomic E-state index is 12.5. The standard InChI is InChI=1S/C16H18N4O2S/c1-10-8-23-15(19-10)13-6-11-3-5-20(7-14(11)22-13)16(21)12-2-4-17-9-18-12/h2,4,8-9,11,13-14H,3,5-7H2,1H3/t11-,13-,14+/m0/s1. The summed E-state index contributed by atoms with van der Waals surface area (Å²) in [7, 11) is 0. The normalized spacial score (nSPS) is 27.0. The molecule has 1 amide bonds. The molecule has 2 fully saturated rings. The Morgan fingerprint density at radius 2 is 2.39 bits per heavy atom. The minimum absolute atomic E-state index is 0.0389. The molecule has 6 nitrogen and oxygen atoms in total. The van der Waals surface area contributed by atoms with Gasteiger partial charge in [0.05, 0.1) is 6.10 Å². The second-order valence-electron chi connectivity index (χ2n) is 6.12. The number of thiazole rings is 1. The highest BCUT2D eigenvalue weighted by molar-refractivity contribution is 7.09. The summed E-state index contributed by atoms with van der Waals surface area (Å²) < 4.78 is 6.20. The third kappa shape index (κ3) is 2.86. The fourth-order valence-electron chi connectivity index (χ4n) is 3.37. The average molecular weight is 330 g/mol. The van der Waals surface area contributed by atoms with Crippen molar-refractivity contribution in [3.05, 3.63) is 40.4 Å². The molecular formula is C16H18N4O2S. The molecule has 7 heteroatoms. The Balaban J connectivity index is 1.44. The molecule has 3 atom stereocenters. The summed E-state index contributed by atoms with van der Waals surface area (Å²) in [4.78, 5) is 26.8. The van der Waals surface area contributed by atoms with Crippen LogP contribution in [0.3, 0.4) is 0 Å². The lowest BCUT2D eigenvalue weighted by molar-refractivity contribution is -0.00467. The fraction of sp³-hybridized carbons (Fsp3) is 0.500. The van der Waals surface area contributed by atoms with Gasteiger partial charge in [0.15, 0.2) is 0 Å². The quantitative estimate of drug-likeness (QED) is 0.845. The van der Waals surface area contributed by atoms with E-state index in [2.05, 4.69) is 20.3 Å². The van der Waals surface area contributed by atoms with E-state index in [0.29, 0.717) is 18.2 Å². The number of fused-ring (bicyclic) bond motifs is 1. The van der Waals surface area contributed by atoms with Crippen LogP contribution in [0.15, 0.2) is 24.0 Å². The van der Waals surface area contributed by atoms with Crippen molar-refractivity contribution in [1.82, 2.24) is 19.9 Å². The zero-order chi connectivity index (χ0) is 15.8. The molecule has 4 heterocycles. The van der Waals surface area contributed by atoms with E-state index in [9.17, 15) is 4.79 Å². The highest BCUT2D eigenvalue weighted by Gasteiger charge is 2.41. The van der Waals surface area contributed by atoms with E-state index in [-0.39, 0.29) is 18.1 Å². The van der Waals surface area contributed by atoms with E-state index < -0.39 is 0 Å². The molecule has 0 saturated carbocycles. The number of nitrogens with zero attached hydrogens (tertiary/aromatic N) is 4. The smallest absolute Gasteiger partial charge is 0.272 e. The zero-order valence-corrected chi connectivity index (χ0v) is 13.7. The van der Waals surface area contributed by atoms with Crippen molar-refractivity contribution in [3.63, 3.8) is 0 Å². The molecule has 0 bridgehead atoms. The molecule has 2 aromatic rings. The first kappa shape index (κ1) is 14.7. The summed E-state index contributed by atoms with van der Waals surface area (Å²) in [6.45, 7) is 3.40. The van der Waals surface area contributed by atoms with Crippen molar-refractivity contribution >= 4 is 17.2 Å². The van der Waals surface area contributed by atoms with Gasteiger partial charge in [-0.15, -0.1) is 11.3 Å². The summed E-state index contributed by atoms with van der Waals surface area (Å²) in [5.74, 6) is 0.474. The van der Waals surface area contributed by atoms with Gasteiger partial charge < -0.3 is 9.64 Å². The number of likely N-dealkylation sites (tertiary alicyclic amines) is 1. The van der Waals surface area contributed by atoms with E-state index in [1.54, 1.807) is 23.6 Å². The minimum Gasteiger partial charge on any atom is -0.366 e. The number of aryl methyl sites for hydroxylation is 1. The van der Waals surface area contributed by atoms with Gasteiger partial charge in [-0.2, -0.15) is 0 Å². The number of carbonyl (C=O) groups excluding carboxylic acids is 1. The fourth-order valence-corrected chi connectivity index (χ4v) is 4.22. The highest BCUT2D eigenvalue weighted by Crippen LogP contribution is 2.41. The molecule has 0 spiro atoms. The van der Waals surface area contributed by atoms with Crippen molar-refractivity contribution in [2.45, 2.75) is 32.0 Å². The maximum Gasteiger partial charge on any atom is 0.272 e. The van der Waals surface area contributed by atoms with Gasteiger partial charge in [-0.3, -0.25) is 4.79 Å². The Kier molecular flexibility index (Phi) is 3.82. The average Bonchev–Trinajstić information content (AvgIpc) is 3.20. The Labute approximate surface area is 138 Å². The molecule has 0 radical (unpaired) electrons. The monoisotopic (exact) mass is 330 g/mol. The number of carbonyl (C=O) groups is 1. The van der Waals surface area contributed by atoms with Crippen LogP contribution in [0.2, 0.25) is 0 Å². The molecule has 0 aliphatic carbocycles. The first-order valence-electron chi connectivity index (χ1n) is 7.83. The molecule has 120 valence electrons. The molecule has 4 rings (SSSR count). The van der Waals surface area contributed by atoms with Gasteiger partial charge in [0.25, 0.3) is 5.91 Å². The van der Waals surface area contributed by atoms with Crippen LogP contribution in [0.5, 0.6) is 0 Å². The van der Waals surface area contributed by atoms with E-state index in [1.807, 2.05) is 11.8 Å². The summed E-state index contributed by atoms with van der Waals surface area (Å²) in [5.41, 5.74) is 1.49. The van der Waals surface area contributed by atoms with Crippen molar-refractivity contribution in [2.75, 3.05) is 13.1 Å². The number of aromatic nitrogens is 3. The molecule has 0 aromatic carbocycles. The number of hydrogen-bond donors (Lipinski definition) is 0. The lowest BCUT2D eigenvalue weighted by Gasteiger charge is -2.33. The molecular weight excluding hydrogens is 312 g/mol. The lowest BCUT2D eigenvalue weighted by atomic mass is 9.91. The van der Waals surface area contributed by atoms with Crippen molar-refractivity contribution in [1.29, 1.82) is 0 Å². The van der Waals surface area contributed by atoms with Gasteiger partial charge >= 0.3 is 0 Å². The summed E-state index contributed by atoms with van der Waals surface area (Å²) in [6.07, 6.45) is 5.17. The number of piperidine rings is 1. The van der Waals surface area contributed by atoms with Crippen molar-refractivity contribution < 1.29 is 9.53 Å². The van der Waals surface area contributed by atoms with E-state index >= 15 is 0 Å². The predicted molar refractivity (Wildman–Crippen MR) is 85.1 cm³/mol. The van der Waals surface area contributed by atoms with Crippen LogP contribution in [0, 0.1) is 12.8 Å². The van der Waals surface area contributed by atoms with E-state index in [0.717, 1.165) is 30.1 Å². The zero-order valence-electron chi connectivity index (χ0n) is 12.9. The molecule has 2 aliphatic rings.